The van der Waals surface area contributed by atoms with Crippen molar-refractivity contribution in [2.45, 2.75) is 0 Å². The van der Waals surface area contributed by atoms with Crippen LogP contribution in [0.15, 0.2) is 30.3 Å². The van der Waals surface area contributed by atoms with Crippen molar-refractivity contribution >= 4 is 45.8 Å². The van der Waals surface area contributed by atoms with E-state index in [0.717, 1.165) is 12.1 Å². The van der Waals surface area contributed by atoms with E-state index in [4.69, 9.17) is 5.73 Å². The third-order valence-corrected chi connectivity index (χ3v) is 4.76. The minimum Gasteiger partial charge on any atom is -0.369 e. The predicted octanol–water partition coefficient (Wildman–Crippen LogP) is 3.01. The van der Waals surface area contributed by atoms with Crippen LogP contribution in [-0.2, 0) is 4.79 Å². The van der Waals surface area contributed by atoms with E-state index < -0.39 is 40.9 Å². The van der Waals surface area contributed by atoms with E-state index >= 15 is 0 Å². The van der Waals surface area contributed by atoms with E-state index in [1.165, 1.54) is 17.0 Å². The summed E-state index contributed by atoms with van der Waals surface area (Å²) in [6.07, 6.45) is 0. The Hall–Kier alpha value is -2.30. The topological polar surface area (TPSA) is 75.4 Å². The van der Waals surface area contributed by atoms with Crippen molar-refractivity contribution in [2.24, 2.45) is 11.7 Å². The van der Waals surface area contributed by atoms with E-state index in [1.807, 2.05) is 22.6 Å². The molecule has 0 bridgehead atoms. The third kappa shape index (κ3) is 3.48. The number of primary amides is 1. The van der Waals surface area contributed by atoms with Crippen LogP contribution in [0.1, 0.15) is 10.4 Å². The maximum Gasteiger partial charge on any atom is 0.256 e. The van der Waals surface area contributed by atoms with Crippen molar-refractivity contribution in [1.29, 1.82) is 0 Å². The lowest BCUT2D eigenvalue weighted by atomic mass is 9.97. The number of nitrogens with zero attached hydrogens (tertiary/aromatic N) is 1. The number of nitrogens with one attached hydrogen (secondary N) is 1. The zero-order chi connectivity index (χ0) is 19.0. The fourth-order valence-electron chi connectivity index (χ4n) is 2.57. The van der Waals surface area contributed by atoms with E-state index in [1.54, 1.807) is 6.07 Å². The third-order valence-electron chi connectivity index (χ3n) is 4.09. The highest BCUT2D eigenvalue weighted by Crippen LogP contribution is 2.30. The quantitative estimate of drug-likeness (QED) is 0.668. The van der Waals surface area contributed by atoms with Gasteiger partial charge in [0.25, 0.3) is 5.91 Å². The van der Waals surface area contributed by atoms with Crippen LogP contribution in [0.5, 0.6) is 0 Å². The summed E-state index contributed by atoms with van der Waals surface area (Å²) in [7, 11) is 0. The second-order valence-electron chi connectivity index (χ2n) is 5.84. The van der Waals surface area contributed by atoms with Gasteiger partial charge < -0.3 is 16.0 Å². The summed E-state index contributed by atoms with van der Waals surface area (Å²) in [6.45, 7) is 0.203. The Bertz CT molecular complexity index is 901. The molecule has 26 heavy (non-hydrogen) atoms. The molecule has 0 aromatic heterocycles. The van der Waals surface area contributed by atoms with Gasteiger partial charge in [-0.15, -0.1) is 0 Å². The van der Waals surface area contributed by atoms with Gasteiger partial charge >= 0.3 is 0 Å². The number of anilines is 2. The molecule has 0 saturated carbocycles. The average molecular weight is 475 g/mol. The fraction of sp³-hybridized carbons (Fsp3) is 0.176. The second kappa shape index (κ2) is 7.14. The van der Waals surface area contributed by atoms with Crippen LogP contribution in [0.3, 0.4) is 0 Å². The maximum atomic E-state index is 14.3. The highest BCUT2D eigenvalue weighted by atomic mass is 127. The van der Waals surface area contributed by atoms with E-state index in [9.17, 15) is 22.8 Å². The van der Waals surface area contributed by atoms with Crippen LogP contribution in [0.2, 0.25) is 0 Å². The van der Waals surface area contributed by atoms with Crippen LogP contribution in [0.4, 0.5) is 24.5 Å². The van der Waals surface area contributed by atoms with Crippen molar-refractivity contribution < 1.29 is 22.8 Å². The zero-order valence-corrected chi connectivity index (χ0v) is 15.4. The molecule has 1 heterocycles. The molecule has 0 atom stereocenters. The molecule has 3 rings (SSSR count). The van der Waals surface area contributed by atoms with Crippen molar-refractivity contribution in [3.8, 4) is 0 Å². The zero-order valence-electron chi connectivity index (χ0n) is 13.2. The first-order valence-electron chi connectivity index (χ1n) is 7.56. The first kappa shape index (κ1) is 18.5. The number of halogens is 4. The highest BCUT2D eigenvalue weighted by molar-refractivity contribution is 14.1. The van der Waals surface area contributed by atoms with Crippen molar-refractivity contribution in [3.63, 3.8) is 0 Å². The number of carbonyl (C=O) groups is 2. The summed E-state index contributed by atoms with van der Waals surface area (Å²) < 4.78 is 42.6. The number of amides is 2. The predicted molar refractivity (Wildman–Crippen MR) is 97.3 cm³/mol. The second-order valence-corrected chi connectivity index (χ2v) is 7.09. The molecule has 9 heteroatoms. The Labute approximate surface area is 160 Å². The van der Waals surface area contributed by atoms with Gasteiger partial charge in [-0.1, -0.05) is 0 Å². The highest BCUT2D eigenvalue weighted by Gasteiger charge is 2.36. The lowest BCUT2D eigenvalue weighted by Crippen LogP contribution is -2.54. The Morgan fingerprint density at radius 3 is 2.42 bits per heavy atom. The molecule has 0 spiro atoms. The molecular formula is C17H13F3IN3O2. The van der Waals surface area contributed by atoms with E-state index in [2.05, 4.69) is 5.32 Å². The van der Waals surface area contributed by atoms with Gasteiger partial charge in [0.05, 0.1) is 22.9 Å². The summed E-state index contributed by atoms with van der Waals surface area (Å²) >= 11 is 1.91. The summed E-state index contributed by atoms with van der Waals surface area (Å²) in [4.78, 5) is 24.9. The van der Waals surface area contributed by atoms with Crippen LogP contribution in [0, 0.1) is 26.9 Å². The molecular weight excluding hydrogens is 462 g/mol. The molecule has 1 saturated heterocycles. The van der Waals surface area contributed by atoms with Crippen molar-refractivity contribution in [2.75, 3.05) is 18.4 Å². The molecule has 1 fully saturated rings. The summed E-state index contributed by atoms with van der Waals surface area (Å²) in [5, 5.41) is 2.46. The molecule has 1 aliphatic rings. The Balaban J connectivity index is 1.93. The van der Waals surface area contributed by atoms with Gasteiger partial charge in [-0.3, -0.25) is 9.59 Å². The van der Waals surface area contributed by atoms with Crippen LogP contribution < -0.4 is 11.1 Å². The van der Waals surface area contributed by atoms with Crippen LogP contribution in [-0.4, -0.2) is 29.8 Å². The normalized spacial score (nSPS) is 14.1. The number of likely N-dealkylation sites (tertiary alicyclic amines) is 1. The number of carbonyl (C=O) groups excluding carboxylic acids is 2. The summed E-state index contributed by atoms with van der Waals surface area (Å²) in [5.41, 5.74) is 4.44. The van der Waals surface area contributed by atoms with E-state index in [-0.39, 0.29) is 24.3 Å². The molecule has 2 amide bonds. The van der Waals surface area contributed by atoms with Gasteiger partial charge in [0.15, 0.2) is 11.6 Å². The summed E-state index contributed by atoms with van der Waals surface area (Å²) in [6, 6.07) is 6.10. The molecule has 2 aromatic carbocycles. The molecule has 0 radical (unpaired) electrons. The average Bonchev–Trinajstić information content (AvgIpc) is 2.52. The van der Waals surface area contributed by atoms with Crippen molar-refractivity contribution in [3.05, 3.63) is 56.9 Å². The maximum absolute atomic E-state index is 14.3. The van der Waals surface area contributed by atoms with Gasteiger partial charge in [-0.25, -0.2) is 13.2 Å². The molecule has 1 aliphatic heterocycles. The van der Waals surface area contributed by atoms with Gasteiger partial charge in [0, 0.05) is 16.7 Å². The van der Waals surface area contributed by atoms with E-state index in [0.29, 0.717) is 3.57 Å². The number of hydrogen-bond acceptors (Lipinski definition) is 3. The monoisotopic (exact) mass is 475 g/mol. The minimum atomic E-state index is -1.29. The van der Waals surface area contributed by atoms with Gasteiger partial charge in [-0.2, -0.15) is 0 Å². The Morgan fingerprint density at radius 1 is 1.12 bits per heavy atom. The summed E-state index contributed by atoms with van der Waals surface area (Å²) in [5.74, 6) is -4.73. The molecule has 0 unspecified atom stereocenters. The number of hydrogen-bond donors (Lipinski definition) is 2. The number of nitrogens with two attached hydrogens (primary N) is 1. The Morgan fingerprint density at radius 2 is 1.81 bits per heavy atom. The van der Waals surface area contributed by atoms with Gasteiger partial charge in [0.2, 0.25) is 5.91 Å². The first-order valence-corrected chi connectivity index (χ1v) is 8.64. The molecule has 0 aliphatic carbocycles. The van der Waals surface area contributed by atoms with Crippen LogP contribution >= 0.6 is 22.6 Å². The first-order chi connectivity index (χ1) is 12.3. The van der Waals surface area contributed by atoms with Crippen molar-refractivity contribution in [1.82, 2.24) is 4.90 Å². The number of benzene rings is 2. The minimum absolute atomic E-state index is 0.0948. The fourth-order valence-corrected chi connectivity index (χ4v) is 3.02. The molecule has 136 valence electrons. The smallest absolute Gasteiger partial charge is 0.256 e. The SMILES string of the molecule is NC(=O)C1CN(C(=O)c2ccc(F)c(F)c2Nc2ccc(I)cc2F)C1. The lowest BCUT2D eigenvalue weighted by Gasteiger charge is -2.37. The molecule has 3 N–H and O–H groups in total. The van der Waals surface area contributed by atoms with Gasteiger partial charge in [-0.05, 0) is 52.9 Å². The van der Waals surface area contributed by atoms with Crippen LogP contribution in [0.25, 0.3) is 0 Å². The Kier molecular flexibility index (Phi) is 5.08. The largest absolute Gasteiger partial charge is 0.369 e. The molecule has 5 nitrogen and oxygen atoms in total. The number of rotatable bonds is 4. The molecule has 2 aromatic rings. The van der Waals surface area contributed by atoms with Gasteiger partial charge in [0.1, 0.15) is 5.82 Å². The standard InChI is InChI=1S/C17H13F3IN3O2/c18-11-3-2-10(17(26)24-6-8(7-24)16(22)25)15(14(11)20)23-13-4-1-9(21)5-12(13)19/h1-5,8,23H,6-7H2,(H2,22,25). The lowest BCUT2D eigenvalue weighted by molar-refractivity contribution is -0.125.